The highest BCUT2D eigenvalue weighted by atomic mass is 35.5. The molecule has 2 rings (SSSR count). The Balaban J connectivity index is 2.21. The number of hydrogen-bond donors (Lipinski definition) is 1. The van der Waals surface area contributed by atoms with E-state index in [9.17, 15) is 0 Å². The molecular weight excluding hydrogens is 242 g/mol. The topological polar surface area (TPSA) is 12.0 Å². The molecule has 1 unspecified atom stereocenters. The number of anilines is 1. The van der Waals surface area contributed by atoms with E-state index in [2.05, 4.69) is 44.3 Å². The van der Waals surface area contributed by atoms with Crippen LogP contribution < -0.4 is 5.32 Å². The predicted octanol–water partition coefficient (Wildman–Crippen LogP) is 5.13. The van der Waals surface area contributed by atoms with Crippen molar-refractivity contribution in [2.24, 2.45) is 0 Å². The lowest BCUT2D eigenvalue weighted by Crippen LogP contribution is -2.08. The van der Waals surface area contributed by atoms with Crippen molar-refractivity contribution in [3.63, 3.8) is 0 Å². The van der Waals surface area contributed by atoms with Crippen molar-refractivity contribution in [1.82, 2.24) is 0 Å². The largest absolute Gasteiger partial charge is 0.378 e. The Morgan fingerprint density at radius 2 is 1.83 bits per heavy atom. The Bertz CT molecular complexity index is 549. The Labute approximate surface area is 114 Å². The minimum atomic E-state index is 0.267. The van der Waals surface area contributed by atoms with Gasteiger partial charge in [-0.25, -0.2) is 0 Å². The Kier molecular flexibility index (Phi) is 3.93. The van der Waals surface area contributed by atoms with Crippen LogP contribution >= 0.6 is 11.6 Å². The summed E-state index contributed by atoms with van der Waals surface area (Å²) in [5.41, 5.74) is 4.98. The van der Waals surface area contributed by atoms with Gasteiger partial charge >= 0.3 is 0 Å². The first-order chi connectivity index (χ1) is 8.56. The molecule has 0 bridgehead atoms. The fourth-order valence-corrected chi connectivity index (χ4v) is 2.32. The van der Waals surface area contributed by atoms with E-state index < -0.39 is 0 Å². The van der Waals surface area contributed by atoms with Crippen LogP contribution in [0.5, 0.6) is 0 Å². The minimum absolute atomic E-state index is 0.267. The van der Waals surface area contributed by atoms with Gasteiger partial charge in [0.1, 0.15) is 0 Å². The van der Waals surface area contributed by atoms with Gasteiger partial charge in [0.25, 0.3) is 0 Å². The average Bonchev–Trinajstić information content (AvgIpc) is 2.32. The van der Waals surface area contributed by atoms with Crippen molar-refractivity contribution in [3.8, 4) is 0 Å². The molecule has 0 aromatic heterocycles. The molecule has 2 aromatic rings. The molecule has 0 saturated carbocycles. The number of hydrogen-bond acceptors (Lipinski definition) is 1. The van der Waals surface area contributed by atoms with Crippen LogP contribution in [-0.4, -0.2) is 0 Å². The molecular formula is C16H18ClN. The van der Waals surface area contributed by atoms with Crippen LogP contribution in [-0.2, 0) is 0 Å². The maximum absolute atomic E-state index is 5.99. The smallest absolute Gasteiger partial charge is 0.0488 e. The summed E-state index contributed by atoms with van der Waals surface area (Å²) in [6, 6.07) is 14.6. The number of halogens is 1. The fourth-order valence-electron chi connectivity index (χ4n) is 2.13. The molecule has 0 amide bonds. The zero-order valence-corrected chi connectivity index (χ0v) is 11.8. The van der Waals surface area contributed by atoms with Gasteiger partial charge in [-0.05, 0) is 50.1 Å². The molecule has 1 N–H and O–H groups in total. The molecule has 0 heterocycles. The van der Waals surface area contributed by atoms with Gasteiger partial charge in [-0.15, -0.1) is 0 Å². The maximum Gasteiger partial charge on any atom is 0.0488 e. The third-order valence-electron chi connectivity index (χ3n) is 3.11. The predicted molar refractivity (Wildman–Crippen MR) is 79.4 cm³/mol. The zero-order valence-electron chi connectivity index (χ0n) is 11.0. The highest BCUT2D eigenvalue weighted by Gasteiger charge is 2.08. The van der Waals surface area contributed by atoms with Crippen molar-refractivity contribution in [1.29, 1.82) is 0 Å². The molecule has 0 spiro atoms. The summed E-state index contributed by atoms with van der Waals surface area (Å²) in [4.78, 5) is 0. The molecule has 2 aromatic carbocycles. The van der Waals surface area contributed by atoms with Gasteiger partial charge < -0.3 is 5.32 Å². The van der Waals surface area contributed by atoms with Gasteiger partial charge in [-0.3, -0.25) is 0 Å². The van der Waals surface area contributed by atoms with E-state index in [1.807, 2.05) is 24.3 Å². The van der Waals surface area contributed by atoms with Gasteiger partial charge in [0.05, 0.1) is 0 Å². The van der Waals surface area contributed by atoms with Crippen LogP contribution in [0.1, 0.15) is 29.7 Å². The summed E-state index contributed by atoms with van der Waals surface area (Å²) in [7, 11) is 0. The third kappa shape index (κ3) is 3.05. The highest BCUT2D eigenvalue weighted by molar-refractivity contribution is 6.30. The van der Waals surface area contributed by atoms with Crippen molar-refractivity contribution in [3.05, 3.63) is 64.2 Å². The lowest BCUT2D eigenvalue weighted by molar-refractivity contribution is 0.872. The molecule has 0 fully saturated rings. The van der Waals surface area contributed by atoms with E-state index in [0.717, 1.165) is 10.7 Å². The highest BCUT2D eigenvalue weighted by Crippen LogP contribution is 2.24. The number of aryl methyl sites for hydroxylation is 2. The average molecular weight is 260 g/mol. The van der Waals surface area contributed by atoms with Gasteiger partial charge in [-0.1, -0.05) is 41.4 Å². The fraction of sp³-hybridized carbons (Fsp3) is 0.250. The first kappa shape index (κ1) is 13.0. The van der Waals surface area contributed by atoms with Crippen LogP contribution in [0.25, 0.3) is 0 Å². The van der Waals surface area contributed by atoms with Gasteiger partial charge in [0, 0.05) is 16.8 Å². The van der Waals surface area contributed by atoms with Gasteiger partial charge in [0.2, 0.25) is 0 Å². The molecule has 94 valence electrons. The molecule has 0 aliphatic heterocycles. The van der Waals surface area contributed by atoms with Crippen molar-refractivity contribution in [2.75, 3.05) is 5.32 Å². The number of rotatable bonds is 3. The van der Waals surface area contributed by atoms with E-state index in [-0.39, 0.29) is 6.04 Å². The molecule has 0 aliphatic carbocycles. The molecule has 0 saturated heterocycles. The van der Waals surface area contributed by atoms with Crippen molar-refractivity contribution < 1.29 is 0 Å². The summed E-state index contributed by atoms with van der Waals surface area (Å²) in [5, 5.41) is 4.24. The van der Waals surface area contributed by atoms with Gasteiger partial charge in [0.15, 0.2) is 0 Å². The summed E-state index contributed by atoms with van der Waals surface area (Å²) < 4.78 is 0. The third-order valence-corrected chi connectivity index (χ3v) is 3.34. The summed E-state index contributed by atoms with van der Waals surface area (Å²) in [5.74, 6) is 0. The first-order valence-electron chi connectivity index (χ1n) is 6.15. The second kappa shape index (κ2) is 5.45. The van der Waals surface area contributed by atoms with Crippen LogP contribution in [0.15, 0.2) is 42.5 Å². The van der Waals surface area contributed by atoms with E-state index in [1.165, 1.54) is 16.7 Å². The minimum Gasteiger partial charge on any atom is -0.378 e. The number of benzene rings is 2. The second-order valence-corrected chi connectivity index (χ2v) is 5.17. The second-order valence-electron chi connectivity index (χ2n) is 4.74. The van der Waals surface area contributed by atoms with Crippen LogP contribution in [0, 0.1) is 13.8 Å². The van der Waals surface area contributed by atoms with Crippen molar-refractivity contribution >= 4 is 17.3 Å². The lowest BCUT2D eigenvalue weighted by atomic mass is 10.00. The van der Waals surface area contributed by atoms with Gasteiger partial charge in [-0.2, -0.15) is 0 Å². The monoisotopic (exact) mass is 259 g/mol. The Hall–Kier alpha value is -1.47. The standard InChI is InChI=1S/C16H18ClN/c1-11-7-8-12(2)16(9-11)13(3)18-15-6-4-5-14(17)10-15/h4-10,13,18H,1-3H3. The van der Waals surface area contributed by atoms with Crippen LogP contribution in [0.2, 0.25) is 5.02 Å². The molecule has 0 radical (unpaired) electrons. The molecule has 0 aliphatic rings. The SMILES string of the molecule is Cc1ccc(C)c(C(C)Nc2cccc(Cl)c2)c1. The van der Waals surface area contributed by atoms with E-state index in [4.69, 9.17) is 11.6 Å². The molecule has 1 atom stereocenters. The lowest BCUT2D eigenvalue weighted by Gasteiger charge is -2.18. The normalized spacial score (nSPS) is 12.2. The van der Waals surface area contributed by atoms with Crippen LogP contribution in [0.3, 0.4) is 0 Å². The first-order valence-corrected chi connectivity index (χ1v) is 6.53. The molecule has 18 heavy (non-hydrogen) atoms. The summed E-state index contributed by atoms with van der Waals surface area (Å²) in [6.07, 6.45) is 0. The number of nitrogens with one attached hydrogen (secondary N) is 1. The van der Waals surface area contributed by atoms with Crippen LogP contribution in [0.4, 0.5) is 5.69 Å². The van der Waals surface area contributed by atoms with Crippen molar-refractivity contribution in [2.45, 2.75) is 26.8 Å². The summed E-state index contributed by atoms with van der Waals surface area (Å²) >= 11 is 5.99. The van der Waals surface area contributed by atoms with E-state index in [0.29, 0.717) is 0 Å². The van der Waals surface area contributed by atoms with E-state index in [1.54, 1.807) is 0 Å². The molecule has 1 nitrogen and oxygen atoms in total. The zero-order chi connectivity index (χ0) is 13.1. The molecule has 2 heteroatoms. The maximum atomic E-state index is 5.99. The summed E-state index contributed by atoms with van der Waals surface area (Å²) in [6.45, 7) is 6.43. The van der Waals surface area contributed by atoms with E-state index >= 15 is 0 Å². The Morgan fingerprint density at radius 1 is 1.06 bits per heavy atom. The quantitative estimate of drug-likeness (QED) is 0.806. The Morgan fingerprint density at radius 3 is 2.56 bits per heavy atom.